The minimum Gasteiger partial charge on any atom is -0.324 e. The number of fused-ring (bicyclic) bond motifs is 5. The number of hydrogen-bond donors (Lipinski definition) is 2. The van der Waals surface area contributed by atoms with Gasteiger partial charge in [0.2, 0.25) is 5.91 Å². The fourth-order valence-corrected chi connectivity index (χ4v) is 3.63. The van der Waals surface area contributed by atoms with Gasteiger partial charge in [-0.15, -0.1) is 0 Å². The van der Waals surface area contributed by atoms with E-state index in [4.69, 9.17) is 0 Å². The van der Waals surface area contributed by atoms with Gasteiger partial charge < -0.3 is 15.2 Å². The summed E-state index contributed by atoms with van der Waals surface area (Å²) in [5, 5.41) is 16.4. The van der Waals surface area contributed by atoms with Gasteiger partial charge in [0.1, 0.15) is 12.4 Å². The first-order valence-corrected chi connectivity index (χ1v) is 9.45. The molecule has 0 fully saturated rings. The molecule has 2 heterocycles. The summed E-state index contributed by atoms with van der Waals surface area (Å²) in [6.07, 6.45) is 0. The van der Waals surface area contributed by atoms with Crippen molar-refractivity contribution < 1.29 is 14.5 Å². The van der Waals surface area contributed by atoms with E-state index in [1.807, 2.05) is 28.8 Å². The van der Waals surface area contributed by atoms with Crippen molar-refractivity contribution >= 4 is 39.9 Å². The van der Waals surface area contributed by atoms with Crippen molar-refractivity contribution in [1.82, 2.24) is 9.55 Å². The van der Waals surface area contributed by atoms with Crippen molar-refractivity contribution in [2.75, 3.05) is 10.6 Å². The standard InChI is InChI=1S/C22H15N5O4/c28-20-12-26-19-4-2-1-3-17(19)25-21(26)16-10-7-14(11-18(16)24-20)23-22(29)13-5-8-15(9-6-13)27(30)31/h1-11H,12H2,(H,23,29)(H,24,28). The largest absolute Gasteiger partial charge is 0.324 e. The first kappa shape index (κ1) is 18.5. The van der Waals surface area contributed by atoms with Crippen LogP contribution in [0.5, 0.6) is 0 Å². The fraction of sp³-hybridized carbons (Fsp3) is 0.0455. The number of benzene rings is 3. The second kappa shape index (κ2) is 7.06. The Morgan fingerprint density at radius 3 is 2.65 bits per heavy atom. The number of carbonyl (C=O) groups is 2. The van der Waals surface area contributed by atoms with E-state index in [2.05, 4.69) is 15.6 Å². The maximum absolute atomic E-state index is 12.5. The lowest BCUT2D eigenvalue weighted by Gasteiger charge is -2.10. The predicted octanol–water partition coefficient (Wildman–Crippen LogP) is 3.82. The molecule has 0 aliphatic carbocycles. The average Bonchev–Trinajstić information content (AvgIpc) is 3.05. The molecule has 9 heteroatoms. The number of nitrogens with zero attached hydrogens (tertiary/aromatic N) is 3. The van der Waals surface area contributed by atoms with Gasteiger partial charge in [0.05, 0.1) is 21.6 Å². The number of non-ortho nitro benzene ring substituents is 1. The van der Waals surface area contributed by atoms with Crippen LogP contribution in [0.25, 0.3) is 22.4 Å². The van der Waals surface area contributed by atoms with Gasteiger partial charge in [-0.1, -0.05) is 12.1 Å². The van der Waals surface area contributed by atoms with Gasteiger partial charge in [-0.05, 0) is 42.5 Å². The Balaban J connectivity index is 1.48. The highest BCUT2D eigenvalue weighted by molar-refractivity contribution is 6.06. The van der Waals surface area contributed by atoms with E-state index in [1.54, 1.807) is 18.2 Å². The lowest BCUT2D eigenvalue weighted by atomic mass is 10.1. The number of rotatable bonds is 3. The Bertz CT molecular complexity index is 1370. The van der Waals surface area contributed by atoms with Crippen molar-refractivity contribution in [1.29, 1.82) is 0 Å². The van der Waals surface area contributed by atoms with Crippen LogP contribution in [0.3, 0.4) is 0 Å². The van der Waals surface area contributed by atoms with Crippen molar-refractivity contribution in [2.24, 2.45) is 0 Å². The van der Waals surface area contributed by atoms with Crippen LogP contribution in [0, 0.1) is 10.1 Å². The fourth-order valence-electron chi connectivity index (χ4n) is 3.63. The van der Waals surface area contributed by atoms with Crippen LogP contribution < -0.4 is 10.6 Å². The third-order valence-electron chi connectivity index (χ3n) is 5.09. The summed E-state index contributed by atoms with van der Waals surface area (Å²) >= 11 is 0. The average molecular weight is 413 g/mol. The summed E-state index contributed by atoms with van der Waals surface area (Å²) < 4.78 is 1.87. The quantitative estimate of drug-likeness (QED) is 0.391. The maximum Gasteiger partial charge on any atom is 0.269 e. The highest BCUT2D eigenvalue weighted by Crippen LogP contribution is 2.34. The molecule has 0 unspecified atom stereocenters. The number of anilines is 2. The summed E-state index contributed by atoms with van der Waals surface area (Å²) in [5.74, 6) is 0.0619. The lowest BCUT2D eigenvalue weighted by molar-refractivity contribution is -0.384. The number of nitrogens with one attached hydrogen (secondary N) is 2. The van der Waals surface area contributed by atoms with Gasteiger partial charge in [0, 0.05) is 28.9 Å². The number of aromatic nitrogens is 2. The number of imidazole rings is 1. The number of nitro groups is 1. The molecule has 0 radical (unpaired) electrons. The highest BCUT2D eigenvalue weighted by Gasteiger charge is 2.22. The molecule has 9 nitrogen and oxygen atoms in total. The molecule has 1 aromatic heterocycles. The molecule has 152 valence electrons. The van der Waals surface area contributed by atoms with E-state index in [9.17, 15) is 19.7 Å². The monoisotopic (exact) mass is 413 g/mol. The lowest BCUT2D eigenvalue weighted by Crippen LogP contribution is -2.16. The molecule has 0 spiro atoms. The molecule has 0 saturated carbocycles. The summed E-state index contributed by atoms with van der Waals surface area (Å²) in [5.41, 5.74) is 3.63. The van der Waals surface area contributed by atoms with Crippen molar-refractivity contribution in [3.8, 4) is 11.4 Å². The minimum atomic E-state index is -0.524. The molecule has 0 atom stereocenters. The zero-order chi connectivity index (χ0) is 21.5. The van der Waals surface area contributed by atoms with Gasteiger partial charge in [0.25, 0.3) is 11.6 Å². The van der Waals surface area contributed by atoms with Gasteiger partial charge in [-0.2, -0.15) is 0 Å². The van der Waals surface area contributed by atoms with Gasteiger partial charge >= 0.3 is 0 Å². The molecule has 0 saturated heterocycles. The molecule has 4 aromatic rings. The highest BCUT2D eigenvalue weighted by atomic mass is 16.6. The first-order valence-electron chi connectivity index (χ1n) is 9.45. The summed E-state index contributed by atoms with van der Waals surface area (Å²) in [6.45, 7) is 0.134. The molecule has 0 bridgehead atoms. The van der Waals surface area contributed by atoms with E-state index in [0.717, 1.165) is 16.6 Å². The van der Waals surface area contributed by atoms with Crippen molar-refractivity contribution in [2.45, 2.75) is 6.54 Å². The van der Waals surface area contributed by atoms with Crippen LogP contribution in [0.1, 0.15) is 10.4 Å². The molecule has 31 heavy (non-hydrogen) atoms. The maximum atomic E-state index is 12.5. The molecule has 2 N–H and O–H groups in total. The van der Waals surface area contributed by atoms with Gasteiger partial charge in [0.15, 0.2) is 0 Å². The van der Waals surface area contributed by atoms with Crippen LogP contribution in [0.2, 0.25) is 0 Å². The van der Waals surface area contributed by atoms with Crippen LogP contribution in [-0.4, -0.2) is 26.3 Å². The van der Waals surface area contributed by atoms with Gasteiger partial charge in [-0.3, -0.25) is 19.7 Å². The van der Waals surface area contributed by atoms with Crippen LogP contribution in [-0.2, 0) is 11.3 Å². The smallest absolute Gasteiger partial charge is 0.269 e. The summed E-state index contributed by atoms with van der Waals surface area (Å²) in [6, 6.07) is 18.1. The molecule has 1 aliphatic heterocycles. The molecular formula is C22H15N5O4. The summed E-state index contributed by atoms with van der Waals surface area (Å²) in [7, 11) is 0. The van der Waals surface area contributed by atoms with E-state index in [1.165, 1.54) is 24.3 Å². The third kappa shape index (κ3) is 3.27. The zero-order valence-electron chi connectivity index (χ0n) is 16.0. The normalized spacial score (nSPS) is 12.5. The SMILES string of the molecule is O=C1Cn2c(nc3ccccc32)-c2ccc(NC(=O)c3ccc([N+](=O)[O-])cc3)cc2N1. The van der Waals surface area contributed by atoms with E-state index in [-0.39, 0.29) is 23.7 Å². The van der Waals surface area contributed by atoms with Crippen LogP contribution in [0.4, 0.5) is 17.1 Å². The second-order valence-electron chi connectivity index (χ2n) is 7.08. The molecular weight excluding hydrogens is 398 g/mol. The molecule has 2 amide bonds. The topological polar surface area (TPSA) is 119 Å². The first-order chi connectivity index (χ1) is 15.0. The number of amides is 2. The Labute approximate surface area is 175 Å². The summed E-state index contributed by atoms with van der Waals surface area (Å²) in [4.78, 5) is 39.9. The third-order valence-corrected chi connectivity index (χ3v) is 5.09. The Morgan fingerprint density at radius 1 is 1.10 bits per heavy atom. The number of carbonyl (C=O) groups excluding carboxylic acids is 2. The van der Waals surface area contributed by atoms with E-state index >= 15 is 0 Å². The van der Waals surface area contributed by atoms with E-state index < -0.39 is 10.8 Å². The van der Waals surface area contributed by atoms with Gasteiger partial charge in [-0.25, -0.2) is 4.98 Å². The van der Waals surface area contributed by atoms with Crippen molar-refractivity contribution in [3.05, 3.63) is 82.4 Å². The van der Waals surface area contributed by atoms with Crippen LogP contribution >= 0.6 is 0 Å². The Kier molecular flexibility index (Phi) is 4.21. The van der Waals surface area contributed by atoms with Crippen LogP contribution in [0.15, 0.2) is 66.7 Å². The van der Waals surface area contributed by atoms with Crippen molar-refractivity contribution in [3.63, 3.8) is 0 Å². The second-order valence-corrected chi connectivity index (χ2v) is 7.08. The minimum absolute atomic E-state index is 0.0906. The molecule has 1 aliphatic rings. The molecule has 3 aromatic carbocycles. The predicted molar refractivity (Wildman–Crippen MR) is 115 cm³/mol. The Morgan fingerprint density at radius 2 is 1.87 bits per heavy atom. The number of para-hydroxylation sites is 2. The number of nitro benzene ring substituents is 1. The zero-order valence-corrected chi connectivity index (χ0v) is 16.0. The molecule has 5 rings (SSSR count). The van der Waals surface area contributed by atoms with E-state index in [0.29, 0.717) is 17.2 Å². The number of hydrogen-bond acceptors (Lipinski definition) is 5. The Hall–Kier alpha value is -4.53.